The van der Waals surface area contributed by atoms with Crippen LogP contribution in [0.25, 0.3) is 0 Å². The minimum Gasteiger partial charge on any atom is -0.495 e. The molecule has 0 aliphatic heterocycles. The molecule has 1 fully saturated rings. The Morgan fingerprint density at radius 2 is 1.86 bits per heavy atom. The van der Waals surface area contributed by atoms with Gasteiger partial charge in [0.05, 0.1) is 17.7 Å². The number of sulfonamides is 1. The maximum atomic E-state index is 12.3. The van der Waals surface area contributed by atoms with Crippen molar-refractivity contribution in [3.63, 3.8) is 0 Å². The van der Waals surface area contributed by atoms with Gasteiger partial charge in [-0.2, -0.15) is 0 Å². The number of methoxy groups -OCH3 is 1. The van der Waals surface area contributed by atoms with Crippen LogP contribution < -0.4 is 10.1 Å². The van der Waals surface area contributed by atoms with E-state index in [4.69, 9.17) is 9.47 Å². The molecule has 1 aliphatic carbocycles. The Bertz CT molecular complexity index is 816. The number of hydrogen-bond donors (Lipinski definition) is 1. The Hall–Kier alpha value is -2.13. The Morgan fingerprint density at radius 1 is 1.17 bits per heavy atom. The molecule has 1 aromatic carbocycles. The highest BCUT2D eigenvalue weighted by atomic mass is 32.2. The summed E-state index contributed by atoms with van der Waals surface area (Å²) in [7, 11) is 0.593. The average Bonchev–Trinajstić information content (AvgIpc) is 2.71. The molecule has 0 radical (unpaired) electrons. The lowest BCUT2D eigenvalue weighted by molar-refractivity contribution is -0.147. The normalized spacial score (nSPS) is 15.2. The molecule has 1 amide bonds. The van der Waals surface area contributed by atoms with Crippen molar-refractivity contribution >= 4 is 27.6 Å². The maximum Gasteiger partial charge on any atom is 0.306 e. The lowest BCUT2D eigenvalue weighted by Gasteiger charge is -2.20. The largest absolute Gasteiger partial charge is 0.495 e. The predicted molar refractivity (Wildman–Crippen MR) is 109 cm³/mol. The van der Waals surface area contributed by atoms with Crippen molar-refractivity contribution in [2.75, 3.05) is 33.1 Å². The van der Waals surface area contributed by atoms with Crippen molar-refractivity contribution in [2.24, 2.45) is 5.92 Å². The second-order valence-corrected chi connectivity index (χ2v) is 9.55. The van der Waals surface area contributed by atoms with Crippen molar-refractivity contribution < 1.29 is 27.5 Å². The first-order chi connectivity index (χ1) is 13.7. The maximum absolute atomic E-state index is 12.3. The van der Waals surface area contributed by atoms with Gasteiger partial charge < -0.3 is 14.8 Å². The van der Waals surface area contributed by atoms with Crippen LogP contribution in [0, 0.1) is 5.92 Å². The van der Waals surface area contributed by atoms with E-state index >= 15 is 0 Å². The van der Waals surface area contributed by atoms with Crippen LogP contribution in [0.2, 0.25) is 0 Å². The van der Waals surface area contributed by atoms with Crippen LogP contribution in [0.15, 0.2) is 23.1 Å². The molecule has 1 N–H and O–H groups in total. The minimum absolute atomic E-state index is 0.0167. The van der Waals surface area contributed by atoms with Crippen molar-refractivity contribution in [3.8, 4) is 5.75 Å². The van der Waals surface area contributed by atoms with Crippen LogP contribution in [0.4, 0.5) is 5.69 Å². The Kier molecular flexibility index (Phi) is 8.45. The van der Waals surface area contributed by atoms with Crippen molar-refractivity contribution in [3.05, 3.63) is 18.2 Å². The molecule has 2 rings (SSSR count). The molecule has 1 aliphatic rings. The van der Waals surface area contributed by atoms with Gasteiger partial charge in [0.15, 0.2) is 6.61 Å². The van der Waals surface area contributed by atoms with Gasteiger partial charge in [-0.3, -0.25) is 9.59 Å². The first-order valence-electron chi connectivity index (χ1n) is 9.80. The van der Waals surface area contributed by atoms with E-state index in [1.165, 1.54) is 58.7 Å². The summed E-state index contributed by atoms with van der Waals surface area (Å²) in [4.78, 5) is 24.1. The molecule has 8 nitrogen and oxygen atoms in total. The summed E-state index contributed by atoms with van der Waals surface area (Å²) in [6.07, 6.45) is 7.09. The van der Waals surface area contributed by atoms with E-state index in [1.54, 1.807) is 0 Å². The smallest absolute Gasteiger partial charge is 0.306 e. The number of nitrogens with one attached hydrogen (secondary N) is 1. The standard InChI is InChI=1S/C20H30N2O6S/c1-22(2)29(25,26)16-10-11-18(27-3)17(13-16)21-19(23)14-28-20(24)12-9-15-7-5-4-6-8-15/h10-11,13,15H,4-9,12,14H2,1-3H3,(H,21,23). The molecule has 162 valence electrons. The molecular weight excluding hydrogens is 396 g/mol. The molecule has 0 atom stereocenters. The Morgan fingerprint density at radius 3 is 2.48 bits per heavy atom. The zero-order chi connectivity index (χ0) is 21.4. The van der Waals surface area contributed by atoms with Gasteiger partial charge in [0.1, 0.15) is 5.75 Å². The van der Waals surface area contributed by atoms with Gasteiger partial charge in [-0.15, -0.1) is 0 Å². The lowest BCUT2D eigenvalue weighted by Crippen LogP contribution is -2.23. The van der Waals surface area contributed by atoms with Crippen molar-refractivity contribution in [1.29, 1.82) is 0 Å². The lowest BCUT2D eigenvalue weighted by atomic mass is 9.86. The topological polar surface area (TPSA) is 102 Å². The highest BCUT2D eigenvalue weighted by Gasteiger charge is 2.20. The predicted octanol–water partition coefficient (Wildman–Crippen LogP) is 2.79. The number of benzene rings is 1. The summed E-state index contributed by atoms with van der Waals surface area (Å²) in [5.74, 6) is -0.0919. The number of ether oxygens (including phenoxy) is 2. The van der Waals surface area contributed by atoms with E-state index in [1.807, 2.05) is 0 Å². The molecule has 9 heteroatoms. The number of nitrogens with zero attached hydrogens (tertiary/aromatic N) is 1. The molecule has 0 saturated heterocycles. The zero-order valence-electron chi connectivity index (χ0n) is 17.3. The third-order valence-electron chi connectivity index (χ3n) is 5.07. The number of carbonyl (C=O) groups excluding carboxylic acids is 2. The average molecular weight is 427 g/mol. The molecule has 1 saturated carbocycles. The summed E-state index contributed by atoms with van der Waals surface area (Å²) in [6.45, 7) is -0.433. The quantitative estimate of drug-likeness (QED) is 0.609. The van der Waals surface area contributed by atoms with Crippen LogP contribution in [-0.2, 0) is 24.3 Å². The molecule has 29 heavy (non-hydrogen) atoms. The molecule has 0 aromatic heterocycles. The summed E-state index contributed by atoms with van der Waals surface area (Å²) in [5, 5.41) is 2.55. The molecular formula is C20H30N2O6S. The van der Waals surface area contributed by atoms with Gasteiger partial charge in [-0.25, -0.2) is 12.7 Å². The van der Waals surface area contributed by atoms with Gasteiger partial charge in [-0.05, 0) is 30.5 Å². The summed E-state index contributed by atoms with van der Waals surface area (Å²) >= 11 is 0. The molecule has 1 aromatic rings. The van der Waals surface area contributed by atoms with Crippen molar-refractivity contribution in [1.82, 2.24) is 4.31 Å². The second-order valence-electron chi connectivity index (χ2n) is 7.40. The molecule has 0 spiro atoms. The molecule has 0 bridgehead atoms. The fraction of sp³-hybridized carbons (Fsp3) is 0.600. The van der Waals surface area contributed by atoms with Crippen LogP contribution in [0.3, 0.4) is 0 Å². The van der Waals surface area contributed by atoms with Crippen LogP contribution in [0.5, 0.6) is 5.75 Å². The second kappa shape index (κ2) is 10.6. The van der Waals surface area contributed by atoms with Crippen molar-refractivity contribution in [2.45, 2.75) is 49.8 Å². The van der Waals surface area contributed by atoms with Gasteiger partial charge in [0, 0.05) is 20.5 Å². The number of esters is 1. The van der Waals surface area contributed by atoms with Crippen LogP contribution in [-0.4, -0.2) is 52.4 Å². The fourth-order valence-corrected chi connectivity index (χ4v) is 4.29. The van der Waals surface area contributed by atoms with E-state index in [-0.39, 0.29) is 10.6 Å². The first-order valence-corrected chi connectivity index (χ1v) is 11.2. The van der Waals surface area contributed by atoms with E-state index < -0.39 is 28.5 Å². The minimum atomic E-state index is -3.66. The number of hydrogen-bond acceptors (Lipinski definition) is 6. The van der Waals surface area contributed by atoms with E-state index in [0.717, 1.165) is 23.6 Å². The van der Waals surface area contributed by atoms with E-state index in [9.17, 15) is 18.0 Å². The number of anilines is 1. The summed E-state index contributed by atoms with van der Waals surface area (Å²) in [5.41, 5.74) is 0.193. The van der Waals surface area contributed by atoms with Gasteiger partial charge in [-0.1, -0.05) is 32.1 Å². The van der Waals surface area contributed by atoms with E-state index in [2.05, 4.69) is 5.32 Å². The van der Waals surface area contributed by atoms with Gasteiger partial charge >= 0.3 is 5.97 Å². The van der Waals surface area contributed by atoms with Gasteiger partial charge in [0.2, 0.25) is 10.0 Å². The summed E-state index contributed by atoms with van der Waals surface area (Å²) in [6, 6.07) is 4.17. The number of amides is 1. The number of rotatable bonds is 9. The molecule has 0 unspecified atom stereocenters. The Balaban J connectivity index is 1.91. The van der Waals surface area contributed by atoms with Crippen LogP contribution >= 0.6 is 0 Å². The Labute approximate surface area is 172 Å². The fourth-order valence-electron chi connectivity index (χ4n) is 3.36. The first kappa shape index (κ1) is 23.2. The zero-order valence-corrected chi connectivity index (χ0v) is 18.1. The van der Waals surface area contributed by atoms with Gasteiger partial charge in [0.25, 0.3) is 5.91 Å². The van der Waals surface area contributed by atoms with Crippen LogP contribution in [0.1, 0.15) is 44.9 Å². The third-order valence-corrected chi connectivity index (χ3v) is 6.88. The highest BCUT2D eigenvalue weighted by Crippen LogP contribution is 2.29. The molecule has 0 heterocycles. The van der Waals surface area contributed by atoms with E-state index in [0.29, 0.717) is 18.1 Å². The monoisotopic (exact) mass is 426 g/mol. The number of carbonyl (C=O) groups is 2. The SMILES string of the molecule is COc1ccc(S(=O)(=O)N(C)C)cc1NC(=O)COC(=O)CCC1CCCCC1. The summed E-state index contributed by atoms with van der Waals surface area (Å²) < 4.78 is 35.9. The third kappa shape index (κ3) is 6.71. The highest BCUT2D eigenvalue weighted by molar-refractivity contribution is 7.89.